The number of amides is 2. The molecule has 108 valence electrons. The van der Waals surface area contributed by atoms with E-state index >= 15 is 0 Å². The van der Waals surface area contributed by atoms with Crippen LogP contribution in [0.1, 0.15) is 45.4 Å². The molecule has 0 radical (unpaired) electrons. The molecule has 2 aliphatic heterocycles. The Labute approximate surface area is 115 Å². The van der Waals surface area contributed by atoms with Crippen LogP contribution in [-0.4, -0.2) is 48.4 Å². The quantitative estimate of drug-likeness (QED) is 0.786. The smallest absolute Gasteiger partial charge is 0.243 e. The average Bonchev–Trinajstić information content (AvgIpc) is 2.92. The molecule has 2 saturated heterocycles. The molecule has 0 aliphatic carbocycles. The normalized spacial score (nSPS) is 27.3. The number of piperidine rings is 1. The molecule has 5 nitrogen and oxygen atoms in total. The van der Waals surface area contributed by atoms with Gasteiger partial charge in [0.2, 0.25) is 11.8 Å². The van der Waals surface area contributed by atoms with Gasteiger partial charge in [-0.05, 0) is 38.6 Å². The van der Waals surface area contributed by atoms with Gasteiger partial charge in [-0.1, -0.05) is 6.92 Å². The third-order valence-corrected chi connectivity index (χ3v) is 4.00. The van der Waals surface area contributed by atoms with Crippen molar-refractivity contribution in [2.24, 2.45) is 0 Å². The van der Waals surface area contributed by atoms with Crippen molar-refractivity contribution in [3.63, 3.8) is 0 Å². The fraction of sp³-hybridized carbons (Fsp3) is 0.857. The molecule has 2 N–H and O–H groups in total. The lowest BCUT2D eigenvalue weighted by Crippen LogP contribution is -2.54. The molecule has 0 spiro atoms. The van der Waals surface area contributed by atoms with Gasteiger partial charge < -0.3 is 15.5 Å². The van der Waals surface area contributed by atoms with E-state index in [1.54, 1.807) is 4.90 Å². The van der Waals surface area contributed by atoms with Gasteiger partial charge in [0.15, 0.2) is 0 Å². The van der Waals surface area contributed by atoms with Gasteiger partial charge in [-0.15, -0.1) is 0 Å². The number of nitrogens with zero attached hydrogens (tertiary/aromatic N) is 1. The number of carbonyl (C=O) groups excluding carboxylic acids is 2. The molecule has 2 heterocycles. The second-order valence-corrected chi connectivity index (χ2v) is 5.55. The summed E-state index contributed by atoms with van der Waals surface area (Å²) in [5.74, 6) is 0.171. The second kappa shape index (κ2) is 6.89. The van der Waals surface area contributed by atoms with E-state index in [0.29, 0.717) is 6.42 Å². The highest BCUT2D eigenvalue weighted by Crippen LogP contribution is 2.19. The molecule has 0 aromatic heterocycles. The predicted molar refractivity (Wildman–Crippen MR) is 73.7 cm³/mol. The summed E-state index contributed by atoms with van der Waals surface area (Å²) in [4.78, 5) is 26.2. The molecule has 2 amide bonds. The summed E-state index contributed by atoms with van der Waals surface area (Å²) < 4.78 is 0. The molecule has 2 aliphatic rings. The summed E-state index contributed by atoms with van der Waals surface area (Å²) in [6.45, 7) is 4.55. The maximum Gasteiger partial charge on any atom is 0.243 e. The first-order chi connectivity index (χ1) is 9.22. The largest absolute Gasteiger partial charge is 0.350 e. The maximum absolute atomic E-state index is 12.3. The second-order valence-electron chi connectivity index (χ2n) is 5.55. The van der Waals surface area contributed by atoms with Crippen molar-refractivity contribution in [1.29, 1.82) is 0 Å². The minimum atomic E-state index is -0.242. The van der Waals surface area contributed by atoms with Crippen LogP contribution in [0.2, 0.25) is 0 Å². The Bertz CT molecular complexity index is 327. The Morgan fingerprint density at radius 3 is 2.84 bits per heavy atom. The molecule has 19 heavy (non-hydrogen) atoms. The maximum atomic E-state index is 12.3. The van der Waals surface area contributed by atoms with Crippen LogP contribution in [0.25, 0.3) is 0 Å². The van der Waals surface area contributed by atoms with Crippen molar-refractivity contribution < 1.29 is 9.59 Å². The summed E-state index contributed by atoms with van der Waals surface area (Å²) in [6, 6.07) is -0.00838. The summed E-state index contributed by atoms with van der Waals surface area (Å²) >= 11 is 0. The Hall–Kier alpha value is -1.10. The van der Waals surface area contributed by atoms with Gasteiger partial charge in [0.05, 0.1) is 0 Å². The van der Waals surface area contributed by atoms with Gasteiger partial charge in [0.25, 0.3) is 0 Å². The Balaban J connectivity index is 1.93. The van der Waals surface area contributed by atoms with Gasteiger partial charge in [0.1, 0.15) is 6.04 Å². The molecule has 0 saturated carbocycles. The molecule has 0 aromatic rings. The minimum absolute atomic E-state index is 0.0397. The third-order valence-electron chi connectivity index (χ3n) is 4.00. The Morgan fingerprint density at radius 2 is 2.16 bits per heavy atom. The van der Waals surface area contributed by atoms with Crippen LogP contribution in [0.3, 0.4) is 0 Å². The van der Waals surface area contributed by atoms with Gasteiger partial charge in [-0.25, -0.2) is 0 Å². The Morgan fingerprint density at radius 1 is 1.32 bits per heavy atom. The van der Waals surface area contributed by atoms with Gasteiger partial charge in [-0.2, -0.15) is 0 Å². The highest BCUT2D eigenvalue weighted by Gasteiger charge is 2.32. The summed E-state index contributed by atoms with van der Waals surface area (Å²) in [6.07, 6.45) is 5.24. The molecule has 0 bridgehead atoms. The number of hydrogen-bond donors (Lipinski definition) is 2. The minimum Gasteiger partial charge on any atom is -0.350 e. The van der Waals surface area contributed by atoms with Crippen molar-refractivity contribution in [3.05, 3.63) is 0 Å². The van der Waals surface area contributed by atoms with Crippen LogP contribution in [-0.2, 0) is 9.59 Å². The van der Waals surface area contributed by atoms with Crippen LogP contribution < -0.4 is 10.6 Å². The van der Waals surface area contributed by atoms with E-state index in [0.717, 1.165) is 51.7 Å². The Kier molecular flexibility index (Phi) is 5.19. The molecule has 5 heteroatoms. The van der Waals surface area contributed by atoms with E-state index in [4.69, 9.17) is 0 Å². The fourth-order valence-electron chi connectivity index (χ4n) is 2.94. The van der Waals surface area contributed by atoms with E-state index in [1.807, 2.05) is 6.92 Å². The summed E-state index contributed by atoms with van der Waals surface area (Å²) in [5.41, 5.74) is 0. The first-order valence-corrected chi connectivity index (χ1v) is 7.53. The number of likely N-dealkylation sites (tertiary alicyclic amines) is 1. The van der Waals surface area contributed by atoms with E-state index in [2.05, 4.69) is 10.6 Å². The molecule has 2 rings (SSSR count). The molecule has 2 atom stereocenters. The molecule has 2 unspecified atom stereocenters. The molecular weight excluding hydrogens is 242 g/mol. The van der Waals surface area contributed by atoms with Crippen molar-refractivity contribution in [2.45, 2.75) is 57.5 Å². The van der Waals surface area contributed by atoms with Crippen LogP contribution >= 0.6 is 0 Å². The van der Waals surface area contributed by atoms with Crippen LogP contribution in [0.15, 0.2) is 0 Å². The first kappa shape index (κ1) is 14.3. The van der Waals surface area contributed by atoms with Crippen molar-refractivity contribution in [3.8, 4) is 0 Å². The van der Waals surface area contributed by atoms with Crippen LogP contribution in [0.4, 0.5) is 0 Å². The highest BCUT2D eigenvalue weighted by atomic mass is 16.2. The molecule has 0 aromatic carbocycles. The zero-order valence-electron chi connectivity index (χ0n) is 11.8. The highest BCUT2D eigenvalue weighted by molar-refractivity contribution is 5.88. The van der Waals surface area contributed by atoms with Crippen molar-refractivity contribution in [2.75, 3.05) is 19.6 Å². The van der Waals surface area contributed by atoms with Crippen LogP contribution in [0, 0.1) is 0 Å². The fourth-order valence-corrected chi connectivity index (χ4v) is 2.94. The SMILES string of the molecule is CCCC(=O)N1CCCCC1C(=O)NC1CCNC1. The number of nitrogens with one attached hydrogen (secondary N) is 2. The van der Waals surface area contributed by atoms with Gasteiger partial charge in [-0.3, -0.25) is 9.59 Å². The standard InChI is InChI=1S/C14H25N3O2/c1-2-5-13(18)17-9-4-3-6-12(17)14(19)16-11-7-8-15-10-11/h11-12,15H,2-10H2,1H3,(H,16,19). The van der Waals surface area contributed by atoms with E-state index < -0.39 is 0 Å². The lowest BCUT2D eigenvalue weighted by molar-refractivity contribution is -0.142. The van der Waals surface area contributed by atoms with Crippen molar-refractivity contribution in [1.82, 2.24) is 15.5 Å². The van der Waals surface area contributed by atoms with Crippen LogP contribution in [0.5, 0.6) is 0 Å². The monoisotopic (exact) mass is 267 g/mol. The summed E-state index contributed by atoms with van der Waals surface area (Å²) in [7, 11) is 0. The van der Waals surface area contributed by atoms with E-state index in [-0.39, 0.29) is 23.9 Å². The van der Waals surface area contributed by atoms with E-state index in [9.17, 15) is 9.59 Å². The van der Waals surface area contributed by atoms with Gasteiger partial charge in [0, 0.05) is 25.6 Å². The zero-order chi connectivity index (χ0) is 13.7. The number of carbonyl (C=O) groups is 2. The summed E-state index contributed by atoms with van der Waals surface area (Å²) in [5, 5.41) is 6.32. The average molecular weight is 267 g/mol. The zero-order valence-corrected chi connectivity index (χ0v) is 11.8. The van der Waals surface area contributed by atoms with E-state index in [1.165, 1.54) is 0 Å². The number of rotatable bonds is 4. The topological polar surface area (TPSA) is 61.4 Å². The third kappa shape index (κ3) is 3.69. The molecule has 2 fully saturated rings. The van der Waals surface area contributed by atoms with Crippen molar-refractivity contribution >= 4 is 11.8 Å². The lowest BCUT2D eigenvalue weighted by atomic mass is 10.00. The number of hydrogen-bond acceptors (Lipinski definition) is 3. The first-order valence-electron chi connectivity index (χ1n) is 7.53. The predicted octanol–water partition coefficient (Wildman–Crippen LogP) is 0.646. The lowest BCUT2D eigenvalue weighted by Gasteiger charge is -2.35. The van der Waals surface area contributed by atoms with Gasteiger partial charge >= 0.3 is 0 Å². The molecular formula is C14H25N3O2.